The molecule has 2 rings (SSSR count). The van der Waals surface area contributed by atoms with Gasteiger partial charge >= 0.3 is 0 Å². The Hall–Kier alpha value is -1.75. The fraction of sp³-hybridized carbons (Fsp3) is 0.278. The summed E-state index contributed by atoms with van der Waals surface area (Å²) in [7, 11) is 0. The molecule has 0 aromatic heterocycles. The average Bonchev–Trinajstić information content (AvgIpc) is 2.51. The molecule has 0 heterocycles. The van der Waals surface area contributed by atoms with Gasteiger partial charge in [0.05, 0.1) is 17.0 Å². The van der Waals surface area contributed by atoms with Crippen LogP contribution in [0.5, 0.6) is 5.75 Å². The van der Waals surface area contributed by atoms with E-state index in [1.807, 2.05) is 44.2 Å². The van der Waals surface area contributed by atoms with Crippen LogP contribution in [0.15, 0.2) is 48.5 Å². The van der Waals surface area contributed by atoms with E-state index >= 15 is 0 Å². The molecule has 0 aliphatic rings. The molecule has 0 saturated heterocycles. The summed E-state index contributed by atoms with van der Waals surface area (Å²) in [6, 6.07) is 14.7. The minimum atomic E-state index is -0.401. The number of anilines is 1. The van der Waals surface area contributed by atoms with Crippen LogP contribution in [-0.2, 0) is 4.79 Å². The highest BCUT2D eigenvalue weighted by molar-refractivity contribution is 6.32. The van der Waals surface area contributed by atoms with Gasteiger partial charge in [0.15, 0.2) is 0 Å². The van der Waals surface area contributed by atoms with Crippen LogP contribution in [-0.4, -0.2) is 18.6 Å². The Kier molecular flexibility index (Phi) is 8.05. The molecule has 2 aromatic rings. The third kappa shape index (κ3) is 5.41. The normalized spacial score (nSPS) is 11.5. The van der Waals surface area contributed by atoms with Crippen LogP contribution in [0.3, 0.4) is 0 Å². The Labute approximate surface area is 153 Å². The number of hydrogen-bond donors (Lipinski definition) is 2. The number of nitrogens with two attached hydrogens (primary N) is 1. The third-order valence-electron chi connectivity index (χ3n) is 3.32. The van der Waals surface area contributed by atoms with E-state index in [0.29, 0.717) is 16.5 Å². The fourth-order valence-corrected chi connectivity index (χ4v) is 2.46. The van der Waals surface area contributed by atoms with Crippen molar-refractivity contribution in [3.63, 3.8) is 0 Å². The molecule has 1 amide bonds. The summed E-state index contributed by atoms with van der Waals surface area (Å²) >= 11 is 6.19. The van der Waals surface area contributed by atoms with Gasteiger partial charge in [0.2, 0.25) is 5.91 Å². The van der Waals surface area contributed by atoms with Gasteiger partial charge in [-0.25, -0.2) is 0 Å². The van der Waals surface area contributed by atoms with Gasteiger partial charge in [-0.2, -0.15) is 0 Å². The Morgan fingerprint density at radius 3 is 2.42 bits per heavy atom. The van der Waals surface area contributed by atoms with E-state index < -0.39 is 5.92 Å². The first-order chi connectivity index (χ1) is 11.0. The number of carbonyl (C=O) groups is 1. The Bertz CT molecular complexity index is 663. The standard InChI is InChI=1S/C18H21ClN2O2.ClH/c1-12(2)23-17-9-8-14(10-16(17)19)21-18(22)15(11-20)13-6-4-3-5-7-13;/h3-10,12,15H,11,20H2,1-2H3,(H,21,22);1H. The molecule has 0 fully saturated rings. The van der Waals surface area contributed by atoms with Crippen molar-refractivity contribution in [2.45, 2.75) is 25.9 Å². The first-order valence-corrected chi connectivity index (χ1v) is 7.91. The molecule has 1 unspecified atom stereocenters. The Balaban J connectivity index is 0.00000288. The van der Waals surface area contributed by atoms with E-state index in [0.717, 1.165) is 5.56 Å². The molecule has 130 valence electrons. The van der Waals surface area contributed by atoms with Crippen LogP contribution in [0.4, 0.5) is 5.69 Å². The summed E-state index contributed by atoms with van der Waals surface area (Å²) in [4.78, 5) is 12.5. The summed E-state index contributed by atoms with van der Waals surface area (Å²) in [5.74, 6) is 0.0342. The van der Waals surface area contributed by atoms with E-state index in [9.17, 15) is 4.79 Å². The van der Waals surface area contributed by atoms with Gasteiger partial charge in [0.1, 0.15) is 5.75 Å². The van der Waals surface area contributed by atoms with Crippen LogP contribution in [0, 0.1) is 0 Å². The quantitative estimate of drug-likeness (QED) is 0.801. The van der Waals surface area contributed by atoms with Crippen molar-refractivity contribution in [2.24, 2.45) is 5.73 Å². The molecule has 0 saturated carbocycles. The van der Waals surface area contributed by atoms with E-state index in [1.54, 1.807) is 18.2 Å². The molecule has 0 spiro atoms. The highest BCUT2D eigenvalue weighted by Crippen LogP contribution is 2.29. The van der Waals surface area contributed by atoms with Gasteiger partial charge in [-0.1, -0.05) is 41.9 Å². The summed E-state index contributed by atoms with van der Waals surface area (Å²) < 4.78 is 5.58. The minimum Gasteiger partial charge on any atom is -0.489 e. The Morgan fingerprint density at radius 1 is 1.21 bits per heavy atom. The maximum absolute atomic E-state index is 12.5. The molecular weight excluding hydrogens is 347 g/mol. The largest absolute Gasteiger partial charge is 0.489 e. The number of halogens is 2. The lowest BCUT2D eigenvalue weighted by atomic mass is 9.98. The van der Waals surface area contributed by atoms with Crippen molar-refractivity contribution in [3.05, 3.63) is 59.1 Å². The van der Waals surface area contributed by atoms with Crippen LogP contribution >= 0.6 is 24.0 Å². The van der Waals surface area contributed by atoms with E-state index in [2.05, 4.69) is 5.32 Å². The van der Waals surface area contributed by atoms with E-state index in [1.165, 1.54) is 0 Å². The molecule has 6 heteroatoms. The van der Waals surface area contributed by atoms with Gasteiger partial charge in [-0.15, -0.1) is 12.4 Å². The van der Waals surface area contributed by atoms with Crippen molar-refractivity contribution in [2.75, 3.05) is 11.9 Å². The molecule has 0 aliphatic carbocycles. The van der Waals surface area contributed by atoms with Crippen molar-refractivity contribution in [3.8, 4) is 5.75 Å². The van der Waals surface area contributed by atoms with Crippen molar-refractivity contribution >= 4 is 35.6 Å². The van der Waals surface area contributed by atoms with Crippen LogP contribution in [0.25, 0.3) is 0 Å². The number of benzene rings is 2. The van der Waals surface area contributed by atoms with Crippen LogP contribution in [0.2, 0.25) is 5.02 Å². The fourth-order valence-electron chi connectivity index (χ4n) is 2.24. The molecule has 24 heavy (non-hydrogen) atoms. The van der Waals surface area contributed by atoms with Crippen molar-refractivity contribution in [1.82, 2.24) is 0 Å². The molecule has 0 aliphatic heterocycles. The summed E-state index contributed by atoms with van der Waals surface area (Å²) in [5.41, 5.74) is 7.26. The summed E-state index contributed by atoms with van der Waals surface area (Å²) in [6.45, 7) is 4.09. The number of nitrogens with one attached hydrogen (secondary N) is 1. The lowest BCUT2D eigenvalue weighted by Gasteiger charge is -2.16. The van der Waals surface area contributed by atoms with Crippen molar-refractivity contribution in [1.29, 1.82) is 0 Å². The second-order valence-electron chi connectivity index (χ2n) is 5.50. The lowest BCUT2D eigenvalue weighted by Crippen LogP contribution is -2.27. The van der Waals surface area contributed by atoms with Gasteiger partial charge in [0.25, 0.3) is 0 Å². The van der Waals surface area contributed by atoms with E-state index in [4.69, 9.17) is 22.1 Å². The van der Waals surface area contributed by atoms with E-state index in [-0.39, 0.29) is 31.0 Å². The highest BCUT2D eigenvalue weighted by atomic mass is 35.5. The SMILES string of the molecule is CC(C)Oc1ccc(NC(=O)C(CN)c2ccccc2)cc1Cl.Cl. The van der Waals surface area contributed by atoms with Gasteiger partial charge in [-0.05, 0) is 37.6 Å². The zero-order valence-electron chi connectivity index (χ0n) is 13.7. The second kappa shape index (κ2) is 9.52. The molecule has 4 nitrogen and oxygen atoms in total. The number of ether oxygens (including phenoxy) is 1. The Morgan fingerprint density at radius 2 is 1.88 bits per heavy atom. The molecule has 2 aromatic carbocycles. The monoisotopic (exact) mass is 368 g/mol. The topological polar surface area (TPSA) is 64.3 Å². The maximum atomic E-state index is 12.5. The number of carbonyl (C=O) groups excluding carboxylic acids is 1. The average molecular weight is 369 g/mol. The van der Waals surface area contributed by atoms with Gasteiger partial charge < -0.3 is 15.8 Å². The number of rotatable bonds is 6. The third-order valence-corrected chi connectivity index (χ3v) is 3.61. The predicted octanol–water partition coefficient (Wildman–Crippen LogP) is 4.23. The summed E-state index contributed by atoms with van der Waals surface area (Å²) in [6.07, 6.45) is 0.0349. The molecule has 0 bridgehead atoms. The van der Waals surface area contributed by atoms with Crippen LogP contribution in [0.1, 0.15) is 25.3 Å². The van der Waals surface area contributed by atoms with Crippen molar-refractivity contribution < 1.29 is 9.53 Å². The number of hydrogen-bond acceptors (Lipinski definition) is 3. The first kappa shape index (κ1) is 20.3. The highest BCUT2D eigenvalue weighted by Gasteiger charge is 2.19. The molecule has 0 radical (unpaired) electrons. The lowest BCUT2D eigenvalue weighted by molar-refractivity contribution is -0.117. The predicted molar refractivity (Wildman–Crippen MR) is 101 cm³/mol. The molecule has 1 atom stereocenters. The minimum absolute atomic E-state index is 0. The molecule has 3 N–H and O–H groups in total. The van der Waals surface area contributed by atoms with Gasteiger partial charge in [0, 0.05) is 12.2 Å². The molecular formula is C18H22Cl2N2O2. The zero-order chi connectivity index (χ0) is 16.8. The smallest absolute Gasteiger partial charge is 0.233 e. The number of amides is 1. The van der Waals surface area contributed by atoms with Gasteiger partial charge in [-0.3, -0.25) is 4.79 Å². The summed E-state index contributed by atoms with van der Waals surface area (Å²) in [5, 5.41) is 3.31. The zero-order valence-corrected chi connectivity index (χ0v) is 15.2. The first-order valence-electron chi connectivity index (χ1n) is 7.53. The van der Waals surface area contributed by atoms with Crippen LogP contribution < -0.4 is 15.8 Å². The maximum Gasteiger partial charge on any atom is 0.233 e. The second-order valence-corrected chi connectivity index (χ2v) is 5.91.